The average Bonchev–Trinajstić information content (AvgIpc) is 2.26. The number of nitrogens with zero attached hydrogens (tertiary/aromatic N) is 2. The summed E-state index contributed by atoms with van der Waals surface area (Å²) in [5.41, 5.74) is 3.41. The maximum atomic E-state index is 11.4. The van der Waals surface area contributed by atoms with Crippen LogP contribution in [0.15, 0.2) is 30.3 Å². The Morgan fingerprint density at radius 3 is 2.47 bits per heavy atom. The van der Waals surface area contributed by atoms with Gasteiger partial charge in [-0.2, -0.15) is 0 Å². The number of carbonyl (C=O) groups excluding carboxylic acids is 2. The van der Waals surface area contributed by atoms with E-state index in [4.69, 9.17) is 0 Å². The van der Waals surface area contributed by atoms with Crippen molar-refractivity contribution in [1.29, 1.82) is 0 Å². The van der Waals surface area contributed by atoms with Gasteiger partial charge in [-0.25, -0.2) is 10.2 Å². The van der Waals surface area contributed by atoms with Crippen LogP contribution in [0.1, 0.15) is 0 Å². The molecule has 0 aliphatic carbocycles. The van der Waals surface area contributed by atoms with Crippen LogP contribution in [-0.4, -0.2) is 30.4 Å². The zero-order valence-electron chi connectivity index (χ0n) is 8.30. The van der Waals surface area contributed by atoms with Gasteiger partial charge in [-0.3, -0.25) is 14.7 Å². The molecule has 15 heavy (non-hydrogen) atoms. The number of hydrazine groups is 1. The van der Waals surface area contributed by atoms with Crippen molar-refractivity contribution in [1.82, 2.24) is 10.3 Å². The topological polar surface area (TPSA) is 52.7 Å². The minimum Gasteiger partial charge on any atom is -0.275 e. The van der Waals surface area contributed by atoms with Gasteiger partial charge in [0.05, 0.1) is 5.69 Å². The van der Waals surface area contributed by atoms with E-state index in [9.17, 15) is 9.59 Å². The third-order valence-electron chi connectivity index (χ3n) is 2.27. The maximum absolute atomic E-state index is 11.4. The molecular weight excluding hydrogens is 194 g/mol. The van der Waals surface area contributed by atoms with Crippen molar-refractivity contribution < 1.29 is 9.59 Å². The number of para-hydroxylation sites is 1. The minimum absolute atomic E-state index is 0.159. The molecule has 0 radical (unpaired) electrons. The van der Waals surface area contributed by atoms with Gasteiger partial charge in [-0.1, -0.05) is 18.2 Å². The second-order valence-electron chi connectivity index (χ2n) is 3.29. The van der Waals surface area contributed by atoms with E-state index in [0.717, 1.165) is 10.6 Å². The Morgan fingerprint density at radius 1 is 1.20 bits per heavy atom. The van der Waals surface area contributed by atoms with Gasteiger partial charge in [0.25, 0.3) is 5.91 Å². The fourth-order valence-corrected chi connectivity index (χ4v) is 1.35. The molecule has 1 aliphatic rings. The molecule has 0 unspecified atom stereocenters. The Hall–Kier alpha value is -2.04. The van der Waals surface area contributed by atoms with Crippen LogP contribution < -0.4 is 10.4 Å². The summed E-state index contributed by atoms with van der Waals surface area (Å²) in [5.74, 6) is -0.220. The summed E-state index contributed by atoms with van der Waals surface area (Å²) in [7, 11) is 1.46. The molecule has 1 aromatic rings. The SMILES string of the molecule is CN1C(=O)CN(c2ccccc2)NC1=O. The van der Waals surface area contributed by atoms with Gasteiger partial charge < -0.3 is 0 Å². The van der Waals surface area contributed by atoms with E-state index < -0.39 is 6.03 Å². The van der Waals surface area contributed by atoms with E-state index in [-0.39, 0.29) is 12.5 Å². The highest BCUT2D eigenvalue weighted by atomic mass is 16.2. The molecule has 1 heterocycles. The van der Waals surface area contributed by atoms with Gasteiger partial charge in [-0.05, 0) is 12.1 Å². The van der Waals surface area contributed by atoms with Crippen LogP contribution in [0.3, 0.4) is 0 Å². The Bertz CT molecular complexity index is 373. The molecule has 0 atom stereocenters. The third kappa shape index (κ3) is 1.76. The molecule has 78 valence electrons. The summed E-state index contributed by atoms with van der Waals surface area (Å²) in [6.07, 6.45) is 0. The molecule has 5 nitrogen and oxygen atoms in total. The van der Waals surface area contributed by atoms with Gasteiger partial charge in [0.15, 0.2) is 0 Å². The van der Waals surface area contributed by atoms with Crippen molar-refractivity contribution in [2.24, 2.45) is 0 Å². The van der Waals surface area contributed by atoms with E-state index in [1.165, 1.54) is 12.1 Å². The fourth-order valence-electron chi connectivity index (χ4n) is 1.35. The average molecular weight is 205 g/mol. The smallest absolute Gasteiger partial charge is 0.275 e. The van der Waals surface area contributed by atoms with Gasteiger partial charge in [0.2, 0.25) is 0 Å². The first kappa shape index (κ1) is 9.51. The van der Waals surface area contributed by atoms with Crippen LogP contribution in [0.5, 0.6) is 0 Å². The Morgan fingerprint density at radius 2 is 1.87 bits per heavy atom. The quantitative estimate of drug-likeness (QED) is 0.730. The summed E-state index contributed by atoms with van der Waals surface area (Å²) < 4.78 is 0. The highest BCUT2D eigenvalue weighted by Gasteiger charge is 2.27. The summed E-state index contributed by atoms with van der Waals surface area (Å²) >= 11 is 0. The molecule has 1 saturated heterocycles. The first-order chi connectivity index (χ1) is 7.18. The molecule has 2 rings (SSSR count). The number of hydrogen-bond donors (Lipinski definition) is 1. The van der Waals surface area contributed by atoms with Gasteiger partial charge in [0.1, 0.15) is 6.54 Å². The lowest BCUT2D eigenvalue weighted by Crippen LogP contribution is -2.59. The standard InChI is InChI=1S/C10H11N3O2/c1-12-9(14)7-13(11-10(12)15)8-5-3-2-4-6-8/h2-6H,7H2,1H3,(H,11,15). The van der Waals surface area contributed by atoms with Crippen LogP contribution in [0.4, 0.5) is 10.5 Å². The van der Waals surface area contributed by atoms with Crippen LogP contribution in [-0.2, 0) is 4.79 Å². The molecule has 3 amide bonds. The van der Waals surface area contributed by atoms with Crippen molar-refractivity contribution in [3.63, 3.8) is 0 Å². The number of likely N-dealkylation sites (N-methyl/N-ethyl adjacent to an activating group) is 1. The number of carbonyl (C=O) groups is 2. The van der Waals surface area contributed by atoms with Crippen molar-refractivity contribution in [2.45, 2.75) is 0 Å². The van der Waals surface area contributed by atoms with Crippen molar-refractivity contribution >= 4 is 17.6 Å². The summed E-state index contributed by atoms with van der Waals surface area (Å²) in [6.45, 7) is 0.159. The van der Waals surface area contributed by atoms with Crippen molar-refractivity contribution in [3.8, 4) is 0 Å². The van der Waals surface area contributed by atoms with E-state index in [1.54, 1.807) is 0 Å². The molecule has 0 aromatic heterocycles. The normalized spacial score (nSPS) is 16.6. The molecule has 0 saturated carbocycles. The van der Waals surface area contributed by atoms with E-state index in [1.807, 2.05) is 30.3 Å². The highest BCUT2D eigenvalue weighted by molar-refractivity contribution is 5.99. The second kappa shape index (κ2) is 3.61. The number of urea groups is 1. The Kier molecular flexibility index (Phi) is 2.29. The van der Waals surface area contributed by atoms with E-state index >= 15 is 0 Å². The second-order valence-corrected chi connectivity index (χ2v) is 3.29. The first-order valence-corrected chi connectivity index (χ1v) is 4.58. The number of benzene rings is 1. The lowest BCUT2D eigenvalue weighted by molar-refractivity contribution is -0.126. The summed E-state index contributed by atoms with van der Waals surface area (Å²) in [5, 5.41) is 1.53. The number of imide groups is 1. The number of nitrogens with one attached hydrogen (secondary N) is 1. The van der Waals surface area contributed by atoms with Crippen LogP contribution in [0.25, 0.3) is 0 Å². The number of hydrogen-bond acceptors (Lipinski definition) is 3. The van der Waals surface area contributed by atoms with Crippen LogP contribution >= 0.6 is 0 Å². The van der Waals surface area contributed by atoms with Gasteiger partial charge >= 0.3 is 6.03 Å². The number of amides is 3. The molecular formula is C10H11N3O2. The molecule has 1 aliphatic heterocycles. The molecule has 0 spiro atoms. The van der Waals surface area contributed by atoms with Crippen LogP contribution in [0.2, 0.25) is 0 Å². The molecule has 1 aromatic carbocycles. The Labute approximate surface area is 87.2 Å². The Balaban J connectivity index is 2.20. The predicted molar refractivity (Wildman–Crippen MR) is 55.1 cm³/mol. The molecule has 0 bridgehead atoms. The van der Waals surface area contributed by atoms with Crippen LogP contribution in [0, 0.1) is 0 Å². The third-order valence-corrected chi connectivity index (χ3v) is 2.27. The predicted octanol–water partition coefficient (Wildman–Crippen LogP) is 0.590. The maximum Gasteiger partial charge on any atom is 0.342 e. The number of rotatable bonds is 1. The monoisotopic (exact) mass is 205 g/mol. The minimum atomic E-state index is -0.407. The van der Waals surface area contributed by atoms with Gasteiger partial charge in [0, 0.05) is 7.05 Å². The van der Waals surface area contributed by atoms with Gasteiger partial charge in [-0.15, -0.1) is 0 Å². The van der Waals surface area contributed by atoms with E-state index in [0.29, 0.717) is 0 Å². The lowest BCUT2D eigenvalue weighted by Gasteiger charge is -2.32. The molecule has 1 N–H and O–H groups in total. The lowest BCUT2D eigenvalue weighted by atomic mass is 10.3. The van der Waals surface area contributed by atoms with Crippen molar-refractivity contribution in [2.75, 3.05) is 18.6 Å². The first-order valence-electron chi connectivity index (χ1n) is 4.58. The fraction of sp³-hybridized carbons (Fsp3) is 0.200. The summed E-state index contributed by atoms with van der Waals surface area (Å²) in [4.78, 5) is 23.8. The highest BCUT2D eigenvalue weighted by Crippen LogP contribution is 2.13. The number of anilines is 1. The summed E-state index contributed by atoms with van der Waals surface area (Å²) in [6, 6.07) is 8.84. The zero-order chi connectivity index (χ0) is 10.8. The van der Waals surface area contributed by atoms with E-state index in [2.05, 4.69) is 5.43 Å². The molecule has 5 heteroatoms. The molecule has 1 fully saturated rings. The largest absolute Gasteiger partial charge is 0.342 e. The zero-order valence-corrected chi connectivity index (χ0v) is 8.30. The van der Waals surface area contributed by atoms with Crippen molar-refractivity contribution in [3.05, 3.63) is 30.3 Å².